The predicted molar refractivity (Wildman–Crippen MR) is 121 cm³/mol. The lowest BCUT2D eigenvalue weighted by atomic mass is 10.2. The van der Waals surface area contributed by atoms with Gasteiger partial charge in [0.25, 0.3) is 0 Å². The van der Waals surface area contributed by atoms with Crippen LogP contribution in [0.1, 0.15) is 25.8 Å². The molecule has 14 nitrogen and oxygen atoms in total. The molecule has 32 heavy (non-hydrogen) atoms. The first-order valence-corrected chi connectivity index (χ1v) is 9.16. The highest BCUT2D eigenvalue weighted by Crippen LogP contribution is 2.18. The van der Waals surface area contributed by atoms with Gasteiger partial charge in [0.2, 0.25) is 17.5 Å². The maximum atomic E-state index is 11.1. The monoisotopic (exact) mass is 446 g/mol. The normalized spacial score (nSPS) is 9.72. The number of anilines is 5. The van der Waals surface area contributed by atoms with E-state index in [1.54, 1.807) is 13.8 Å². The highest BCUT2D eigenvalue weighted by Gasteiger charge is 2.07. The molecule has 0 aliphatic rings. The molecule has 0 fully saturated rings. The Kier molecular flexibility index (Phi) is 9.29. The first kappa shape index (κ1) is 25.5. The summed E-state index contributed by atoms with van der Waals surface area (Å²) in [6.07, 6.45) is -0.103. The SMILES string of the molecule is CCOC(=O)CC(C)=O.Cc1cc(=O)[nH]c2nc(N)nc(N)c12.Nc1cc(N)nc(N)n1. The second-order valence-corrected chi connectivity index (χ2v) is 6.27. The standard InChI is InChI=1S/C8H9N5O.C6H10O3.C4H7N5/c1-3-2-4(14)11-7-5(3)6(9)12-8(10)13-7;1-3-9-6(8)4-5(2)7;5-2-1-3(6)9-4(7)8-2/h2H,1H3,(H5,9,10,11,12,13,14);3-4H2,1-2H3;1H,(H6,5,6,7,8,9). The van der Waals surface area contributed by atoms with Crippen LogP contribution in [0.5, 0.6) is 0 Å². The molecule has 0 saturated carbocycles. The van der Waals surface area contributed by atoms with Gasteiger partial charge >= 0.3 is 5.97 Å². The quantitative estimate of drug-likeness (QED) is 0.220. The summed E-state index contributed by atoms with van der Waals surface area (Å²) < 4.78 is 4.49. The van der Waals surface area contributed by atoms with Crippen LogP contribution in [0, 0.1) is 6.92 Å². The molecule has 11 N–H and O–H groups in total. The predicted octanol–water partition coefficient (Wildman–Crippen LogP) is -0.457. The van der Waals surface area contributed by atoms with E-state index in [-0.39, 0.29) is 35.5 Å². The molecular formula is C18H26N10O4. The molecule has 14 heteroatoms. The summed E-state index contributed by atoms with van der Waals surface area (Å²) in [5.74, 6) is 0.420. The lowest BCUT2D eigenvalue weighted by molar-refractivity contribution is -0.145. The Morgan fingerprint density at radius 2 is 1.53 bits per heavy atom. The lowest BCUT2D eigenvalue weighted by Crippen LogP contribution is -2.09. The first-order valence-electron chi connectivity index (χ1n) is 9.16. The second kappa shape index (κ2) is 11.6. The molecule has 0 spiro atoms. The van der Waals surface area contributed by atoms with Gasteiger partial charge in [0.1, 0.15) is 35.3 Å². The largest absolute Gasteiger partial charge is 0.466 e. The van der Waals surface area contributed by atoms with Crippen molar-refractivity contribution in [2.24, 2.45) is 0 Å². The van der Waals surface area contributed by atoms with Crippen molar-refractivity contribution in [2.45, 2.75) is 27.2 Å². The van der Waals surface area contributed by atoms with Crippen LogP contribution in [0.4, 0.5) is 29.4 Å². The average Bonchev–Trinajstić information content (AvgIpc) is 2.59. The van der Waals surface area contributed by atoms with Gasteiger partial charge in [0.05, 0.1) is 12.0 Å². The molecule has 3 heterocycles. The molecule has 0 aliphatic heterocycles. The van der Waals surface area contributed by atoms with Crippen LogP contribution in [0.15, 0.2) is 16.9 Å². The number of nitrogens with one attached hydrogen (secondary N) is 1. The number of aryl methyl sites for hydroxylation is 1. The summed E-state index contributed by atoms with van der Waals surface area (Å²) in [4.78, 5) is 49.2. The van der Waals surface area contributed by atoms with Gasteiger partial charge in [0, 0.05) is 12.1 Å². The number of esters is 1. The second-order valence-electron chi connectivity index (χ2n) is 6.27. The molecule has 0 aromatic carbocycles. The summed E-state index contributed by atoms with van der Waals surface area (Å²) in [6, 6.07) is 2.88. The van der Waals surface area contributed by atoms with Crippen LogP contribution in [0.2, 0.25) is 0 Å². The summed E-state index contributed by atoms with van der Waals surface area (Å²) in [5.41, 5.74) is 27.6. The number of aromatic nitrogens is 5. The van der Waals surface area contributed by atoms with Crippen LogP contribution in [0.3, 0.4) is 0 Å². The molecule has 3 rings (SSSR count). The van der Waals surface area contributed by atoms with Crippen molar-refractivity contribution in [3.05, 3.63) is 28.0 Å². The third-order valence-electron chi connectivity index (χ3n) is 3.42. The van der Waals surface area contributed by atoms with Crippen LogP contribution in [-0.2, 0) is 14.3 Å². The first-order chi connectivity index (χ1) is 14.9. The lowest BCUT2D eigenvalue weighted by Gasteiger charge is -2.03. The van der Waals surface area contributed by atoms with E-state index in [0.717, 1.165) is 5.56 Å². The van der Waals surface area contributed by atoms with Crippen molar-refractivity contribution in [1.29, 1.82) is 0 Å². The molecule has 0 saturated heterocycles. The van der Waals surface area contributed by atoms with Crippen molar-refractivity contribution in [2.75, 3.05) is 35.3 Å². The van der Waals surface area contributed by atoms with E-state index >= 15 is 0 Å². The average molecular weight is 446 g/mol. The summed E-state index contributed by atoms with van der Waals surface area (Å²) in [5, 5.41) is 0.638. The topological polar surface area (TPSA) is 258 Å². The molecule has 0 amide bonds. The van der Waals surface area contributed by atoms with Crippen LogP contribution >= 0.6 is 0 Å². The minimum Gasteiger partial charge on any atom is -0.466 e. The summed E-state index contributed by atoms with van der Waals surface area (Å²) >= 11 is 0. The Labute approximate surface area is 182 Å². The molecule has 172 valence electrons. The minimum atomic E-state index is -0.440. The number of hydrogen-bond acceptors (Lipinski definition) is 13. The Hall–Kier alpha value is -4.49. The third kappa shape index (κ3) is 8.48. The zero-order valence-corrected chi connectivity index (χ0v) is 17.9. The maximum absolute atomic E-state index is 11.1. The Bertz CT molecular complexity index is 1110. The number of nitrogens with two attached hydrogens (primary N) is 5. The van der Waals surface area contributed by atoms with Gasteiger partial charge in [-0.1, -0.05) is 0 Å². The fourth-order valence-corrected chi connectivity index (χ4v) is 2.32. The zero-order valence-electron chi connectivity index (χ0n) is 17.9. The number of hydrogen-bond donors (Lipinski definition) is 6. The van der Waals surface area contributed by atoms with E-state index < -0.39 is 5.97 Å². The number of H-pyrrole nitrogens is 1. The number of nitrogens with zero attached hydrogens (tertiary/aromatic N) is 4. The molecule has 0 aliphatic carbocycles. The highest BCUT2D eigenvalue weighted by atomic mass is 16.5. The Morgan fingerprint density at radius 1 is 0.969 bits per heavy atom. The molecule has 3 aromatic rings. The fourth-order valence-electron chi connectivity index (χ4n) is 2.32. The van der Waals surface area contributed by atoms with E-state index in [0.29, 0.717) is 29.3 Å². The molecule has 0 bridgehead atoms. The number of ketones is 1. The van der Waals surface area contributed by atoms with Crippen molar-refractivity contribution in [1.82, 2.24) is 24.9 Å². The van der Waals surface area contributed by atoms with Crippen molar-refractivity contribution < 1.29 is 14.3 Å². The van der Waals surface area contributed by atoms with Gasteiger partial charge < -0.3 is 38.4 Å². The fraction of sp³-hybridized carbons (Fsp3) is 0.278. The zero-order chi connectivity index (χ0) is 24.4. The van der Waals surface area contributed by atoms with Gasteiger partial charge in [-0.3, -0.25) is 14.4 Å². The van der Waals surface area contributed by atoms with Gasteiger partial charge in [0.15, 0.2) is 0 Å². The molecule has 3 aromatic heterocycles. The van der Waals surface area contributed by atoms with Crippen LogP contribution in [-0.4, -0.2) is 43.3 Å². The number of fused-ring (bicyclic) bond motifs is 1. The number of pyridine rings is 1. The molecule has 0 unspecified atom stereocenters. The van der Waals surface area contributed by atoms with E-state index in [4.69, 9.17) is 28.7 Å². The smallest absolute Gasteiger partial charge is 0.313 e. The molecule has 0 atom stereocenters. The van der Waals surface area contributed by atoms with Crippen LogP contribution in [0.25, 0.3) is 11.0 Å². The van der Waals surface area contributed by atoms with E-state index in [9.17, 15) is 14.4 Å². The van der Waals surface area contributed by atoms with Gasteiger partial charge in [-0.2, -0.15) is 19.9 Å². The van der Waals surface area contributed by atoms with Crippen molar-refractivity contribution in [3.8, 4) is 0 Å². The Morgan fingerprint density at radius 3 is 2.03 bits per heavy atom. The molecule has 0 radical (unpaired) electrons. The highest BCUT2D eigenvalue weighted by molar-refractivity contribution is 5.94. The van der Waals surface area contributed by atoms with Gasteiger partial charge in [-0.05, 0) is 26.3 Å². The maximum Gasteiger partial charge on any atom is 0.313 e. The van der Waals surface area contributed by atoms with Gasteiger partial charge in [-0.15, -0.1) is 0 Å². The third-order valence-corrected chi connectivity index (χ3v) is 3.42. The summed E-state index contributed by atoms with van der Waals surface area (Å²) in [7, 11) is 0. The number of ether oxygens (including phenoxy) is 1. The summed E-state index contributed by atoms with van der Waals surface area (Å²) in [6.45, 7) is 5.18. The number of nitrogen functional groups attached to an aromatic ring is 5. The number of Topliss-reactive ketones (excluding diaryl/α,β-unsaturated/α-hetero) is 1. The van der Waals surface area contributed by atoms with Crippen molar-refractivity contribution in [3.63, 3.8) is 0 Å². The minimum absolute atomic E-state index is 0.0521. The number of rotatable bonds is 3. The number of carbonyl (C=O) groups excluding carboxylic acids is 2. The van der Waals surface area contributed by atoms with E-state index in [1.165, 1.54) is 19.1 Å². The molecular weight excluding hydrogens is 420 g/mol. The number of aromatic amines is 1. The number of carbonyl (C=O) groups is 2. The van der Waals surface area contributed by atoms with Crippen LogP contribution < -0.4 is 34.2 Å². The van der Waals surface area contributed by atoms with Gasteiger partial charge in [-0.25, -0.2) is 0 Å². The van der Waals surface area contributed by atoms with E-state index in [2.05, 4.69) is 29.7 Å². The van der Waals surface area contributed by atoms with Crippen molar-refractivity contribution >= 4 is 52.1 Å². The van der Waals surface area contributed by atoms with E-state index in [1.807, 2.05) is 0 Å². The Balaban J connectivity index is 0.000000252.